The summed E-state index contributed by atoms with van der Waals surface area (Å²) in [6.07, 6.45) is -7.49. The van der Waals surface area contributed by atoms with Gasteiger partial charge in [-0.25, -0.2) is 4.98 Å². The normalized spacial score (nSPS) is 14.1. The molecule has 1 N–H and O–H groups in total. The second-order valence-corrected chi connectivity index (χ2v) is 11.9. The lowest BCUT2D eigenvalue weighted by Gasteiger charge is -2.34. The van der Waals surface area contributed by atoms with Gasteiger partial charge in [0.15, 0.2) is 6.61 Å². The van der Waals surface area contributed by atoms with Crippen LogP contribution < -0.4 is 14.4 Å². The van der Waals surface area contributed by atoms with Crippen molar-refractivity contribution in [3.8, 4) is 17.4 Å². The Morgan fingerprint density at radius 1 is 0.843 bits per heavy atom. The quantitative estimate of drug-likeness (QED) is 0.159. The predicted octanol–water partition coefficient (Wildman–Crippen LogP) is 7.55. The van der Waals surface area contributed by atoms with Crippen molar-refractivity contribution in [3.05, 3.63) is 114 Å². The van der Waals surface area contributed by atoms with Crippen LogP contribution in [0.15, 0.2) is 91.1 Å². The number of hydrogen-bond donors (Lipinski definition) is 1. The summed E-state index contributed by atoms with van der Waals surface area (Å²) in [7, 11) is 1.49. The van der Waals surface area contributed by atoms with Crippen molar-refractivity contribution in [2.24, 2.45) is 0 Å². The molecular formula is C36H31F6N5O4. The second kappa shape index (κ2) is 14.3. The van der Waals surface area contributed by atoms with Crippen LogP contribution in [0.3, 0.4) is 0 Å². The number of carbonyl (C=O) groups excluding carboxylic acids is 2. The first-order chi connectivity index (χ1) is 24.2. The molecule has 2 amide bonds. The standard InChI is InChI=1S/C36H31F6N5O4/c1-45(33(48)24-4-7-26(8-5-24)36(40,41)42)27-9-13-32(43-20-27)51-29-12-6-25-18-31(44-30(25)19-29)34(49)47-16-14-46(15-17-47)21-23-2-10-28(11-3-23)50-22-35(37,38)39/h2-13,18-20,44H,14-17,21-22H2,1H3. The van der Waals surface area contributed by atoms with Gasteiger partial charge in [-0.3, -0.25) is 14.5 Å². The lowest BCUT2D eigenvalue weighted by atomic mass is 10.1. The predicted molar refractivity (Wildman–Crippen MR) is 176 cm³/mol. The number of ether oxygens (including phenoxy) is 2. The molecule has 0 saturated carbocycles. The van der Waals surface area contributed by atoms with Crippen LogP contribution in [0.5, 0.6) is 17.4 Å². The maximum absolute atomic E-state index is 13.3. The van der Waals surface area contributed by atoms with Crippen LogP contribution in [-0.4, -0.2) is 77.6 Å². The van der Waals surface area contributed by atoms with E-state index in [2.05, 4.69) is 14.9 Å². The van der Waals surface area contributed by atoms with Crippen molar-refractivity contribution in [2.75, 3.05) is 44.7 Å². The number of nitrogens with zero attached hydrogens (tertiary/aromatic N) is 4. The van der Waals surface area contributed by atoms with Crippen molar-refractivity contribution in [1.82, 2.24) is 19.8 Å². The lowest BCUT2D eigenvalue weighted by molar-refractivity contribution is -0.153. The molecule has 0 spiro atoms. The van der Waals surface area contributed by atoms with Gasteiger partial charge in [0, 0.05) is 68.4 Å². The van der Waals surface area contributed by atoms with Gasteiger partial charge >= 0.3 is 12.4 Å². The molecule has 3 heterocycles. The van der Waals surface area contributed by atoms with Gasteiger partial charge in [0.2, 0.25) is 5.88 Å². The minimum Gasteiger partial charge on any atom is -0.484 e. The van der Waals surface area contributed by atoms with Gasteiger partial charge in [-0.15, -0.1) is 0 Å². The molecule has 1 aliphatic rings. The summed E-state index contributed by atoms with van der Waals surface area (Å²) in [6, 6.07) is 20.7. The number of H-pyrrole nitrogens is 1. The molecule has 0 atom stereocenters. The van der Waals surface area contributed by atoms with Gasteiger partial charge in [0.1, 0.15) is 17.2 Å². The number of benzene rings is 3. The van der Waals surface area contributed by atoms with Crippen LogP contribution in [0.1, 0.15) is 32.0 Å². The number of nitrogens with one attached hydrogen (secondary N) is 1. The third-order valence-corrected chi connectivity index (χ3v) is 8.31. The Balaban J connectivity index is 1.01. The zero-order chi connectivity index (χ0) is 36.3. The smallest absolute Gasteiger partial charge is 0.422 e. The Morgan fingerprint density at radius 2 is 1.53 bits per heavy atom. The molecule has 6 rings (SSSR count). The van der Waals surface area contributed by atoms with E-state index in [0.717, 1.165) is 35.2 Å². The highest BCUT2D eigenvalue weighted by molar-refractivity contribution is 6.05. The van der Waals surface area contributed by atoms with Crippen LogP contribution >= 0.6 is 0 Å². The number of amides is 2. The molecule has 0 radical (unpaired) electrons. The SMILES string of the molecule is CN(C(=O)c1ccc(C(F)(F)F)cc1)c1ccc(Oc2ccc3cc(C(=O)N4CCN(Cc5ccc(OCC(F)(F)F)cc5)CC4)[nH]c3c2)nc1. The van der Waals surface area contributed by atoms with Crippen LogP contribution in [0.2, 0.25) is 0 Å². The number of carbonyl (C=O) groups is 2. The lowest BCUT2D eigenvalue weighted by Crippen LogP contribution is -2.48. The van der Waals surface area contributed by atoms with E-state index in [0.29, 0.717) is 55.4 Å². The van der Waals surface area contributed by atoms with Gasteiger partial charge in [-0.1, -0.05) is 12.1 Å². The molecule has 9 nitrogen and oxygen atoms in total. The Labute approximate surface area is 288 Å². The van der Waals surface area contributed by atoms with Crippen LogP contribution in [0.25, 0.3) is 10.9 Å². The second-order valence-electron chi connectivity index (χ2n) is 11.9. The number of piperazine rings is 1. The largest absolute Gasteiger partial charge is 0.484 e. The molecular weight excluding hydrogens is 680 g/mol. The first kappa shape index (κ1) is 35.3. The van der Waals surface area contributed by atoms with Gasteiger partial charge in [-0.05, 0) is 66.2 Å². The van der Waals surface area contributed by atoms with Crippen LogP contribution in [-0.2, 0) is 12.7 Å². The molecule has 3 aromatic carbocycles. The highest BCUT2D eigenvalue weighted by Gasteiger charge is 2.31. The fourth-order valence-electron chi connectivity index (χ4n) is 5.54. The number of alkyl halides is 6. The third-order valence-electron chi connectivity index (χ3n) is 8.31. The van der Waals surface area contributed by atoms with Crippen molar-refractivity contribution in [2.45, 2.75) is 18.9 Å². The van der Waals surface area contributed by atoms with E-state index in [4.69, 9.17) is 9.47 Å². The Bertz CT molecular complexity index is 1990. The highest BCUT2D eigenvalue weighted by Crippen LogP contribution is 2.30. The number of rotatable bonds is 9. The number of fused-ring (bicyclic) bond motifs is 1. The molecule has 51 heavy (non-hydrogen) atoms. The minimum absolute atomic E-state index is 0.0910. The number of anilines is 1. The molecule has 5 aromatic rings. The molecule has 1 saturated heterocycles. The molecule has 0 aliphatic carbocycles. The van der Waals surface area contributed by atoms with E-state index < -0.39 is 30.4 Å². The highest BCUT2D eigenvalue weighted by atomic mass is 19.4. The van der Waals surface area contributed by atoms with Gasteiger partial charge in [0.25, 0.3) is 11.8 Å². The fraction of sp³-hybridized carbons (Fsp3) is 0.250. The first-order valence-electron chi connectivity index (χ1n) is 15.7. The van der Waals surface area contributed by atoms with E-state index in [9.17, 15) is 35.9 Å². The Morgan fingerprint density at radius 3 is 2.16 bits per heavy atom. The van der Waals surface area contributed by atoms with Gasteiger partial charge in [-0.2, -0.15) is 26.3 Å². The molecule has 266 valence electrons. The molecule has 15 heteroatoms. The number of aromatic amines is 1. The molecule has 2 aromatic heterocycles. The molecule has 0 bridgehead atoms. The maximum Gasteiger partial charge on any atom is 0.422 e. The van der Waals surface area contributed by atoms with Crippen molar-refractivity contribution >= 4 is 28.4 Å². The van der Waals surface area contributed by atoms with E-state index >= 15 is 0 Å². The fourth-order valence-corrected chi connectivity index (χ4v) is 5.54. The average molecular weight is 712 g/mol. The van der Waals surface area contributed by atoms with E-state index in [1.54, 1.807) is 53.4 Å². The van der Waals surface area contributed by atoms with E-state index in [1.165, 1.54) is 30.3 Å². The number of pyridine rings is 1. The van der Waals surface area contributed by atoms with Gasteiger partial charge in [0.05, 0.1) is 17.4 Å². The molecule has 1 fully saturated rings. The summed E-state index contributed by atoms with van der Waals surface area (Å²) < 4.78 is 86.4. The van der Waals surface area contributed by atoms with Gasteiger partial charge < -0.3 is 24.3 Å². The van der Waals surface area contributed by atoms with E-state index in [1.807, 2.05) is 0 Å². The minimum atomic E-state index is -4.50. The summed E-state index contributed by atoms with van der Waals surface area (Å²) >= 11 is 0. The van der Waals surface area contributed by atoms with Crippen molar-refractivity contribution in [3.63, 3.8) is 0 Å². The summed E-state index contributed by atoms with van der Waals surface area (Å²) in [4.78, 5) is 38.8. The topological polar surface area (TPSA) is 91.0 Å². The summed E-state index contributed by atoms with van der Waals surface area (Å²) in [5, 5.41) is 0.804. The Kier molecular flexibility index (Phi) is 9.92. The summed E-state index contributed by atoms with van der Waals surface area (Å²) in [6.45, 7) is 1.50. The first-order valence-corrected chi connectivity index (χ1v) is 15.7. The number of halogens is 6. The monoisotopic (exact) mass is 711 g/mol. The maximum atomic E-state index is 13.3. The van der Waals surface area contributed by atoms with Crippen molar-refractivity contribution in [1.29, 1.82) is 0 Å². The number of aromatic nitrogens is 2. The average Bonchev–Trinajstić information content (AvgIpc) is 3.54. The third kappa shape index (κ3) is 8.78. The number of hydrogen-bond acceptors (Lipinski definition) is 6. The van der Waals surface area contributed by atoms with Crippen molar-refractivity contribution < 1.29 is 45.4 Å². The molecule has 0 unspecified atom stereocenters. The summed E-state index contributed by atoms with van der Waals surface area (Å²) in [5.74, 6) is 0.183. The van der Waals surface area contributed by atoms with Crippen LogP contribution in [0, 0.1) is 0 Å². The Hall–Kier alpha value is -5.57. The van der Waals surface area contributed by atoms with Crippen LogP contribution in [0.4, 0.5) is 32.0 Å². The zero-order valence-electron chi connectivity index (χ0n) is 27.1. The molecule has 1 aliphatic heterocycles. The van der Waals surface area contributed by atoms with E-state index in [-0.39, 0.29) is 23.1 Å². The summed E-state index contributed by atoms with van der Waals surface area (Å²) in [5.41, 5.74) is 1.68. The zero-order valence-corrected chi connectivity index (χ0v) is 27.1.